The Balaban J connectivity index is 1.71. The average Bonchev–Trinajstić information content (AvgIpc) is 2.78. The topological polar surface area (TPSA) is 88.1 Å². The lowest BCUT2D eigenvalue weighted by molar-refractivity contribution is -0.139. The number of hydrogen-bond donors (Lipinski definition) is 2. The van der Waals surface area contributed by atoms with Crippen LogP contribution in [0, 0.1) is 0 Å². The number of methoxy groups -OCH3 is 1. The van der Waals surface area contributed by atoms with Gasteiger partial charge in [0.05, 0.1) is 12.7 Å². The first-order valence-corrected chi connectivity index (χ1v) is 9.34. The van der Waals surface area contributed by atoms with Gasteiger partial charge in [-0.05, 0) is 54.1 Å². The SMILES string of the molecule is COc1ccc(C2Nc3ccccc3C(=O)N2c2ccc(OCC(=O)O)cc2)cc1. The molecule has 0 saturated heterocycles. The summed E-state index contributed by atoms with van der Waals surface area (Å²) >= 11 is 0. The predicted molar refractivity (Wildman–Crippen MR) is 112 cm³/mol. The minimum atomic E-state index is -1.05. The van der Waals surface area contributed by atoms with E-state index in [2.05, 4.69) is 5.32 Å². The number of carboxylic acid groups (broad SMARTS) is 1. The van der Waals surface area contributed by atoms with Gasteiger partial charge in [-0.25, -0.2) is 4.79 Å². The summed E-state index contributed by atoms with van der Waals surface area (Å²) in [5.41, 5.74) is 2.89. The van der Waals surface area contributed by atoms with Crippen LogP contribution in [0.4, 0.5) is 11.4 Å². The number of benzene rings is 3. The van der Waals surface area contributed by atoms with Crippen molar-refractivity contribution in [2.75, 3.05) is 23.9 Å². The molecule has 0 aliphatic carbocycles. The minimum absolute atomic E-state index is 0.135. The number of ether oxygens (including phenoxy) is 2. The third kappa shape index (κ3) is 3.77. The number of amides is 1. The van der Waals surface area contributed by atoms with Crippen LogP contribution in [0.15, 0.2) is 72.8 Å². The fourth-order valence-corrected chi connectivity index (χ4v) is 3.39. The minimum Gasteiger partial charge on any atom is -0.497 e. The van der Waals surface area contributed by atoms with Gasteiger partial charge in [0.25, 0.3) is 5.91 Å². The summed E-state index contributed by atoms with van der Waals surface area (Å²) in [6, 6.07) is 21.7. The van der Waals surface area contributed by atoms with Crippen molar-refractivity contribution in [1.82, 2.24) is 0 Å². The molecule has 3 aromatic rings. The van der Waals surface area contributed by atoms with E-state index < -0.39 is 18.7 Å². The maximum atomic E-state index is 13.4. The fraction of sp³-hybridized carbons (Fsp3) is 0.130. The van der Waals surface area contributed by atoms with E-state index in [9.17, 15) is 9.59 Å². The van der Waals surface area contributed by atoms with Gasteiger partial charge in [-0.15, -0.1) is 0 Å². The van der Waals surface area contributed by atoms with E-state index in [4.69, 9.17) is 14.6 Å². The first-order chi connectivity index (χ1) is 14.6. The van der Waals surface area contributed by atoms with Gasteiger partial charge >= 0.3 is 5.97 Å². The Morgan fingerprint density at radius 1 is 1.00 bits per heavy atom. The smallest absolute Gasteiger partial charge is 0.341 e. The Morgan fingerprint density at radius 2 is 1.67 bits per heavy atom. The number of hydrogen-bond acceptors (Lipinski definition) is 5. The first kappa shape index (κ1) is 19.3. The Hall–Kier alpha value is -4.00. The average molecular weight is 404 g/mol. The van der Waals surface area contributed by atoms with Crippen LogP contribution < -0.4 is 19.7 Å². The van der Waals surface area contributed by atoms with E-state index in [1.165, 1.54) is 0 Å². The van der Waals surface area contributed by atoms with Crippen LogP contribution in [-0.2, 0) is 4.79 Å². The van der Waals surface area contributed by atoms with Gasteiger partial charge in [0.1, 0.15) is 17.7 Å². The number of fused-ring (bicyclic) bond motifs is 1. The number of anilines is 2. The van der Waals surface area contributed by atoms with Gasteiger partial charge in [0, 0.05) is 11.4 Å². The molecule has 0 bridgehead atoms. The molecular formula is C23H20N2O5. The number of nitrogens with one attached hydrogen (secondary N) is 1. The molecule has 152 valence electrons. The number of carbonyl (C=O) groups excluding carboxylic acids is 1. The van der Waals surface area contributed by atoms with E-state index in [1.54, 1.807) is 42.3 Å². The number of nitrogens with zero attached hydrogens (tertiary/aromatic N) is 1. The molecule has 30 heavy (non-hydrogen) atoms. The third-order valence-corrected chi connectivity index (χ3v) is 4.84. The second-order valence-corrected chi connectivity index (χ2v) is 6.72. The number of rotatable bonds is 6. The molecule has 0 radical (unpaired) electrons. The van der Waals surface area contributed by atoms with Crippen molar-refractivity contribution < 1.29 is 24.2 Å². The van der Waals surface area contributed by atoms with Crippen molar-refractivity contribution in [3.63, 3.8) is 0 Å². The zero-order valence-corrected chi connectivity index (χ0v) is 16.2. The Morgan fingerprint density at radius 3 is 2.33 bits per heavy atom. The first-order valence-electron chi connectivity index (χ1n) is 9.34. The molecule has 1 aliphatic rings. The van der Waals surface area contributed by atoms with Crippen LogP contribution in [0.3, 0.4) is 0 Å². The second kappa shape index (κ2) is 8.16. The van der Waals surface area contributed by atoms with E-state index >= 15 is 0 Å². The molecule has 0 saturated carbocycles. The standard InChI is InChI=1S/C23H20N2O5/c1-29-17-10-6-15(7-11-17)22-24-20-5-3-2-4-19(20)23(28)25(22)16-8-12-18(13-9-16)30-14-21(26)27/h2-13,22,24H,14H2,1H3,(H,26,27). The van der Waals surface area contributed by atoms with Crippen molar-refractivity contribution in [3.05, 3.63) is 83.9 Å². The molecule has 3 aromatic carbocycles. The predicted octanol–water partition coefficient (Wildman–Crippen LogP) is 3.93. The van der Waals surface area contributed by atoms with Crippen molar-refractivity contribution in [2.24, 2.45) is 0 Å². The summed E-state index contributed by atoms with van der Waals surface area (Å²) < 4.78 is 10.4. The molecule has 1 atom stereocenters. The highest BCUT2D eigenvalue weighted by molar-refractivity contribution is 6.12. The molecule has 2 N–H and O–H groups in total. The van der Waals surface area contributed by atoms with Gasteiger partial charge in [-0.2, -0.15) is 0 Å². The molecule has 1 amide bonds. The maximum absolute atomic E-state index is 13.4. The van der Waals surface area contributed by atoms with Gasteiger partial charge in [0.2, 0.25) is 0 Å². The Bertz CT molecular complexity index is 1060. The summed E-state index contributed by atoms with van der Waals surface area (Å²) in [7, 11) is 1.61. The summed E-state index contributed by atoms with van der Waals surface area (Å²) in [4.78, 5) is 25.7. The van der Waals surface area contributed by atoms with Gasteiger partial charge in [-0.3, -0.25) is 9.69 Å². The Kier molecular flexibility index (Phi) is 5.26. The lowest BCUT2D eigenvalue weighted by atomic mass is 10.0. The van der Waals surface area contributed by atoms with E-state index in [0.717, 1.165) is 17.0 Å². The highest BCUT2D eigenvalue weighted by Gasteiger charge is 2.34. The van der Waals surface area contributed by atoms with Gasteiger partial charge < -0.3 is 19.9 Å². The zero-order chi connectivity index (χ0) is 21.1. The van der Waals surface area contributed by atoms with Crippen LogP contribution in [0.5, 0.6) is 11.5 Å². The van der Waals surface area contributed by atoms with Crippen molar-refractivity contribution in [3.8, 4) is 11.5 Å². The number of carbonyl (C=O) groups is 2. The van der Waals surface area contributed by atoms with Crippen LogP contribution in [0.1, 0.15) is 22.1 Å². The number of para-hydroxylation sites is 1. The molecule has 0 spiro atoms. The lowest BCUT2D eigenvalue weighted by Crippen LogP contribution is -2.43. The number of carboxylic acids is 1. The third-order valence-electron chi connectivity index (χ3n) is 4.84. The molecule has 1 heterocycles. The summed E-state index contributed by atoms with van der Waals surface area (Å²) in [6.45, 7) is -0.425. The summed E-state index contributed by atoms with van der Waals surface area (Å²) in [6.07, 6.45) is -0.427. The van der Waals surface area contributed by atoms with Crippen LogP contribution in [0.25, 0.3) is 0 Å². The monoisotopic (exact) mass is 404 g/mol. The van der Waals surface area contributed by atoms with E-state index in [0.29, 0.717) is 17.0 Å². The van der Waals surface area contributed by atoms with Crippen LogP contribution in [-0.4, -0.2) is 30.7 Å². The normalized spacial score (nSPS) is 15.2. The highest BCUT2D eigenvalue weighted by atomic mass is 16.5. The van der Waals surface area contributed by atoms with Gasteiger partial charge in [-0.1, -0.05) is 24.3 Å². The quantitative estimate of drug-likeness (QED) is 0.647. The van der Waals surface area contributed by atoms with Crippen molar-refractivity contribution in [2.45, 2.75) is 6.17 Å². The van der Waals surface area contributed by atoms with E-state index in [-0.39, 0.29) is 5.91 Å². The van der Waals surface area contributed by atoms with Crippen molar-refractivity contribution >= 4 is 23.3 Å². The second-order valence-electron chi connectivity index (χ2n) is 6.72. The molecule has 1 aliphatic heterocycles. The summed E-state index contributed by atoms with van der Waals surface area (Å²) in [5, 5.41) is 12.2. The molecule has 1 unspecified atom stereocenters. The molecule has 7 nitrogen and oxygen atoms in total. The largest absolute Gasteiger partial charge is 0.497 e. The maximum Gasteiger partial charge on any atom is 0.341 e. The van der Waals surface area contributed by atoms with Gasteiger partial charge in [0.15, 0.2) is 6.61 Å². The highest BCUT2D eigenvalue weighted by Crippen LogP contribution is 2.37. The fourth-order valence-electron chi connectivity index (χ4n) is 3.39. The molecule has 4 rings (SSSR count). The Labute approximate surface area is 173 Å². The molecule has 0 aromatic heterocycles. The zero-order valence-electron chi connectivity index (χ0n) is 16.2. The summed E-state index contributed by atoms with van der Waals surface area (Å²) in [5.74, 6) is -0.0391. The van der Waals surface area contributed by atoms with Crippen LogP contribution in [0.2, 0.25) is 0 Å². The van der Waals surface area contributed by atoms with Crippen molar-refractivity contribution in [1.29, 1.82) is 0 Å². The molecule has 7 heteroatoms. The van der Waals surface area contributed by atoms with E-state index in [1.807, 2.05) is 42.5 Å². The lowest BCUT2D eigenvalue weighted by Gasteiger charge is -2.38. The van der Waals surface area contributed by atoms with Crippen LogP contribution >= 0.6 is 0 Å². The molecular weight excluding hydrogens is 384 g/mol. The molecule has 0 fully saturated rings. The number of aliphatic carboxylic acids is 1.